The van der Waals surface area contributed by atoms with E-state index in [-0.39, 0.29) is 0 Å². The van der Waals surface area contributed by atoms with Crippen LogP contribution in [0.4, 0.5) is 17.1 Å². The van der Waals surface area contributed by atoms with E-state index in [4.69, 9.17) is 37.4 Å². The SMILES string of the molecule is CC(CN(C)C)CN1c2ccccc2Sc2ccccc21.Cc1cccc(N(C)C(=S)Oc2ccc3ccccc3c2)c1.O=C(O)C(O)C(O)C(=O)O. The van der Waals surface area contributed by atoms with Crippen molar-refractivity contribution in [3.05, 3.63) is 121 Å². The molecule has 0 spiro atoms. The lowest BCUT2D eigenvalue weighted by Crippen LogP contribution is -2.39. The molecule has 1 aliphatic rings. The third kappa shape index (κ3) is 11.5. The van der Waals surface area contributed by atoms with Crippen molar-refractivity contribution in [1.29, 1.82) is 0 Å². The maximum atomic E-state index is 9.77. The van der Waals surface area contributed by atoms with Gasteiger partial charge in [0.2, 0.25) is 0 Å². The van der Waals surface area contributed by atoms with Crippen LogP contribution in [0.1, 0.15) is 12.5 Å². The van der Waals surface area contributed by atoms with E-state index < -0.39 is 24.1 Å². The number of hydrogen-bond acceptors (Lipinski definition) is 9. The number of nitrogens with zero attached hydrogens (tertiary/aromatic N) is 3. The molecule has 1 heterocycles. The number of carboxylic acid groups (broad SMARTS) is 2. The van der Waals surface area contributed by atoms with Crippen LogP contribution < -0.4 is 14.5 Å². The van der Waals surface area contributed by atoms with Gasteiger partial charge in [0.25, 0.3) is 5.17 Å². The molecule has 0 radical (unpaired) electrons. The predicted octanol–water partition coefficient (Wildman–Crippen LogP) is 7.31. The molecule has 3 atom stereocenters. The van der Waals surface area contributed by atoms with Gasteiger partial charge in [0, 0.05) is 35.6 Å². The Labute approximate surface area is 319 Å². The molecule has 4 N–H and O–H groups in total. The number of anilines is 3. The monoisotopic (exact) mass is 755 g/mol. The van der Waals surface area contributed by atoms with Crippen molar-refractivity contribution in [3.8, 4) is 5.75 Å². The van der Waals surface area contributed by atoms with Crippen molar-refractivity contribution in [3.63, 3.8) is 0 Å². The predicted molar refractivity (Wildman–Crippen MR) is 216 cm³/mol. The molecule has 0 amide bonds. The smallest absolute Gasteiger partial charge is 0.335 e. The van der Waals surface area contributed by atoms with E-state index in [1.807, 2.05) is 66.2 Å². The van der Waals surface area contributed by atoms with Crippen LogP contribution in [-0.4, -0.2) is 88.9 Å². The molecule has 5 aromatic carbocycles. The minimum Gasteiger partial charge on any atom is -0.479 e. The summed E-state index contributed by atoms with van der Waals surface area (Å²) in [6, 6.07) is 39.8. The van der Waals surface area contributed by atoms with Gasteiger partial charge in [-0.3, -0.25) is 0 Å². The number of carbonyl (C=O) groups is 2. The number of ether oxygens (including phenoxy) is 1. The number of benzene rings is 5. The molecule has 6 rings (SSSR count). The van der Waals surface area contributed by atoms with E-state index in [0.29, 0.717) is 11.1 Å². The van der Waals surface area contributed by atoms with Crippen LogP contribution in [0, 0.1) is 12.8 Å². The summed E-state index contributed by atoms with van der Waals surface area (Å²) in [5.41, 5.74) is 4.89. The van der Waals surface area contributed by atoms with E-state index in [1.54, 1.807) is 0 Å². The highest BCUT2D eigenvalue weighted by Crippen LogP contribution is 2.48. The summed E-state index contributed by atoms with van der Waals surface area (Å²) in [5.74, 6) is -2.17. The number of fused-ring (bicyclic) bond motifs is 3. The summed E-state index contributed by atoms with van der Waals surface area (Å²) in [6.45, 7) is 6.54. The van der Waals surface area contributed by atoms with Crippen molar-refractivity contribution >= 4 is 68.9 Å². The minimum absolute atomic E-state index is 0.431. The van der Waals surface area contributed by atoms with Gasteiger partial charge in [-0.1, -0.05) is 85.4 Å². The molecule has 278 valence electrons. The van der Waals surface area contributed by atoms with Gasteiger partial charge in [-0.15, -0.1) is 0 Å². The normalized spacial score (nSPS) is 13.2. The Morgan fingerprint density at radius 3 is 1.85 bits per heavy atom. The largest absolute Gasteiger partial charge is 0.479 e. The van der Waals surface area contributed by atoms with Crippen LogP contribution in [0.5, 0.6) is 5.75 Å². The van der Waals surface area contributed by atoms with Gasteiger partial charge in [0.15, 0.2) is 12.2 Å². The molecule has 12 heteroatoms. The first-order chi connectivity index (χ1) is 25.2. The van der Waals surface area contributed by atoms with Crippen LogP contribution in [0.3, 0.4) is 0 Å². The average Bonchev–Trinajstić information content (AvgIpc) is 3.13. The molecule has 53 heavy (non-hydrogen) atoms. The zero-order chi connectivity index (χ0) is 38.7. The van der Waals surface area contributed by atoms with Gasteiger partial charge in [-0.05, 0) is 104 Å². The molecule has 0 fully saturated rings. The molecule has 1 aliphatic heterocycles. The summed E-state index contributed by atoms with van der Waals surface area (Å²) < 4.78 is 5.84. The van der Waals surface area contributed by atoms with Crippen LogP contribution in [0.15, 0.2) is 125 Å². The summed E-state index contributed by atoms with van der Waals surface area (Å²) in [6.07, 6.45) is -4.53. The number of aliphatic hydroxyl groups excluding tert-OH is 2. The Bertz CT molecular complexity index is 1960. The van der Waals surface area contributed by atoms with Gasteiger partial charge in [0.05, 0.1) is 11.4 Å². The first kappa shape index (κ1) is 40.8. The van der Waals surface area contributed by atoms with Gasteiger partial charge >= 0.3 is 11.9 Å². The first-order valence-corrected chi connectivity index (χ1v) is 18.1. The lowest BCUT2D eigenvalue weighted by Gasteiger charge is -2.35. The Hall–Kier alpha value is -4.98. The van der Waals surface area contributed by atoms with Crippen LogP contribution in [-0.2, 0) is 9.59 Å². The number of thiocarbonyl (C=S) groups is 1. The third-order valence-corrected chi connectivity index (χ3v) is 9.58. The van der Waals surface area contributed by atoms with Crippen molar-refractivity contribution in [1.82, 2.24) is 4.90 Å². The van der Waals surface area contributed by atoms with Crippen molar-refractivity contribution in [2.75, 3.05) is 44.0 Å². The Balaban J connectivity index is 0.000000191. The number of carboxylic acids is 2. The molecule has 0 bridgehead atoms. The molecule has 0 aromatic heterocycles. The molecular weight excluding hydrogens is 711 g/mol. The van der Waals surface area contributed by atoms with E-state index in [9.17, 15) is 9.59 Å². The molecule has 3 unspecified atom stereocenters. The van der Waals surface area contributed by atoms with Crippen molar-refractivity contribution in [2.24, 2.45) is 5.92 Å². The zero-order valence-electron chi connectivity index (χ0n) is 30.3. The lowest BCUT2D eigenvalue weighted by atomic mass is 10.1. The third-order valence-electron chi connectivity index (χ3n) is 8.10. The summed E-state index contributed by atoms with van der Waals surface area (Å²) in [7, 11) is 6.20. The molecule has 10 nitrogen and oxygen atoms in total. The number of para-hydroxylation sites is 2. The van der Waals surface area contributed by atoms with E-state index in [2.05, 4.69) is 111 Å². The fourth-order valence-corrected chi connectivity index (χ4v) is 6.88. The molecule has 5 aromatic rings. The lowest BCUT2D eigenvalue weighted by molar-refractivity contribution is -0.165. The van der Waals surface area contributed by atoms with E-state index in [1.165, 1.54) is 32.1 Å². The summed E-state index contributed by atoms with van der Waals surface area (Å²) in [4.78, 5) is 28.9. The maximum absolute atomic E-state index is 9.77. The summed E-state index contributed by atoms with van der Waals surface area (Å²) in [5, 5.41) is 35.3. The van der Waals surface area contributed by atoms with Crippen molar-refractivity contribution < 1.29 is 34.8 Å². The van der Waals surface area contributed by atoms with Crippen molar-refractivity contribution in [2.45, 2.75) is 35.8 Å². The highest BCUT2D eigenvalue weighted by Gasteiger charge is 2.29. The number of aliphatic hydroxyl groups is 2. The Morgan fingerprint density at radius 2 is 1.30 bits per heavy atom. The molecule has 0 saturated heterocycles. The highest BCUT2D eigenvalue weighted by atomic mass is 32.2. The van der Waals surface area contributed by atoms with Gasteiger partial charge in [0.1, 0.15) is 5.75 Å². The van der Waals surface area contributed by atoms with Crippen LogP contribution in [0.2, 0.25) is 0 Å². The number of aliphatic carboxylic acids is 2. The number of rotatable bonds is 9. The first-order valence-electron chi connectivity index (χ1n) is 16.9. The second-order valence-corrected chi connectivity index (χ2v) is 14.3. The molecular formula is C41H45N3O7S2. The van der Waals surface area contributed by atoms with E-state index >= 15 is 0 Å². The second-order valence-electron chi connectivity index (χ2n) is 12.9. The average molecular weight is 756 g/mol. The quantitative estimate of drug-likeness (QED) is 0.112. The maximum Gasteiger partial charge on any atom is 0.335 e. The van der Waals surface area contributed by atoms with Gasteiger partial charge in [-0.25, -0.2) is 9.59 Å². The fourth-order valence-electron chi connectivity index (χ4n) is 5.58. The summed E-state index contributed by atoms with van der Waals surface area (Å²) >= 11 is 7.29. The fraction of sp³-hybridized carbons (Fsp3) is 0.244. The second kappa shape index (κ2) is 19.2. The molecule has 0 aliphatic carbocycles. The van der Waals surface area contributed by atoms with E-state index in [0.717, 1.165) is 29.9 Å². The zero-order valence-corrected chi connectivity index (χ0v) is 31.9. The van der Waals surface area contributed by atoms with Crippen LogP contribution >= 0.6 is 24.0 Å². The van der Waals surface area contributed by atoms with Gasteiger partial charge < -0.3 is 39.9 Å². The van der Waals surface area contributed by atoms with Crippen LogP contribution in [0.25, 0.3) is 10.8 Å². The minimum atomic E-state index is -2.27. The Morgan fingerprint density at radius 1 is 0.755 bits per heavy atom. The van der Waals surface area contributed by atoms with Gasteiger partial charge in [-0.2, -0.15) is 0 Å². The highest BCUT2D eigenvalue weighted by molar-refractivity contribution is 7.99. The standard InChI is InChI=1S/C19H17NOS.C18H22N2S.C4H6O6/c1-14-6-5-9-17(12-14)20(2)19(22)21-18-11-10-15-7-3-4-8-16(15)13-18;1-14(12-19(2)3)13-20-15-8-4-6-10-17(15)21-18-11-7-5-9-16(18)20;5-1(3(7)8)2(6)4(9)10/h3-13H,1-2H3;4-11,14H,12-13H2,1-3H3;1-2,5-6H,(H,7,8)(H,9,10). The number of aryl methyl sites for hydroxylation is 1. The number of hydrogen-bond donors (Lipinski definition) is 4. The molecule has 0 saturated carbocycles. The topological polar surface area (TPSA) is 134 Å². The Kier molecular flexibility index (Phi) is 14.8.